The highest BCUT2D eigenvalue weighted by molar-refractivity contribution is 5.86. The number of quaternary nitrogens is 1. The largest absolute Gasteiger partial charge is 0.544 e. The molecule has 3 aromatic rings. The van der Waals surface area contributed by atoms with Gasteiger partial charge in [0.1, 0.15) is 17.5 Å². The quantitative estimate of drug-likeness (QED) is 0.527. The standard InChI is InChI=1S/C18H16N2O4/c21-9-5-6-11(15(22)7-9)16-17-12(8-14(20-16)18(23)24)10-3-1-2-4-13(10)19-17/h1-7,14,16,19-22H,8H2,(H,23,24)/t14-,16+/m0/s1. The maximum Gasteiger partial charge on any atom is 0.157 e. The van der Waals surface area contributed by atoms with Gasteiger partial charge in [-0.15, -0.1) is 0 Å². The number of carboxylic acids is 1. The fraction of sp³-hybridized carbons (Fsp3) is 0.167. The molecule has 0 unspecified atom stereocenters. The predicted molar refractivity (Wildman–Crippen MR) is 84.3 cm³/mol. The number of fused-ring (bicyclic) bond motifs is 3. The van der Waals surface area contributed by atoms with Gasteiger partial charge in [0.25, 0.3) is 0 Å². The molecule has 2 heterocycles. The van der Waals surface area contributed by atoms with Crippen molar-refractivity contribution in [2.24, 2.45) is 0 Å². The van der Waals surface area contributed by atoms with Crippen molar-refractivity contribution in [3.05, 3.63) is 59.3 Å². The number of carbonyl (C=O) groups excluding carboxylic acids is 1. The Kier molecular flexibility index (Phi) is 3.21. The Hall–Kier alpha value is -2.99. The van der Waals surface area contributed by atoms with Gasteiger partial charge in [-0.3, -0.25) is 0 Å². The Bertz CT molecular complexity index is 947. The summed E-state index contributed by atoms with van der Waals surface area (Å²) in [6.45, 7) is 0. The van der Waals surface area contributed by atoms with E-state index < -0.39 is 18.1 Å². The predicted octanol–water partition coefficient (Wildman–Crippen LogP) is -0.0935. The monoisotopic (exact) mass is 324 g/mol. The number of aromatic amines is 1. The molecule has 6 nitrogen and oxygen atoms in total. The third-order valence-corrected chi connectivity index (χ3v) is 4.66. The number of nitrogens with two attached hydrogens (primary N) is 1. The molecule has 6 heteroatoms. The molecule has 2 atom stereocenters. The average Bonchev–Trinajstić information content (AvgIpc) is 2.93. The highest BCUT2D eigenvalue weighted by Crippen LogP contribution is 2.35. The first-order valence-corrected chi connectivity index (χ1v) is 7.72. The zero-order valence-electron chi connectivity index (χ0n) is 12.7. The van der Waals surface area contributed by atoms with Crippen molar-refractivity contribution >= 4 is 16.9 Å². The van der Waals surface area contributed by atoms with Crippen LogP contribution >= 0.6 is 0 Å². The molecule has 1 aliphatic rings. The molecular formula is C18H16N2O4. The van der Waals surface area contributed by atoms with Gasteiger partial charge in [0.15, 0.2) is 6.04 Å². The lowest BCUT2D eigenvalue weighted by molar-refractivity contribution is -0.717. The average molecular weight is 324 g/mol. The lowest BCUT2D eigenvalue weighted by Crippen LogP contribution is -2.95. The number of hydrogen-bond donors (Lipinski definition) is 4. The number of aliphatic carboxylic acids is 1. The molecule has 4 rings (SSSR count). The summed E-state index contributed by atoms with van der Waals surface area (Å²) in [6, 6.07) is 10.9. The minimum absolute atomic E-state index is 0.0413. The minimum atomic E-state index is -1.13. The molecule has 122 valence electrons. The van der Waals surface area contributed by atoms with Crippen molar-refractivity contribution in [2.75, 3.05) is 0 Å². The Morgan fingerprint density at radius 2 is 2.00 bits per heavy atom. The van der Waals surface area contributed by atoms with Gasteiger partial charge in [-0.2, -0.15) is 0 Å². The van der Waals surface area contributed by atoms with E-state index in [2.05, 4.69) is 4.98 Å². The van der Waals surface area contributed by atoms with Crippen LogP contribution in [0.25, 0.3) is 10.9 Å². The number of H-pyrrole nitrogens is 1. The van der Waals surface area contributed by atoms with Gasteiger partial charge in [-0.05, 0) is 23.8 Å². The number of hydrogen-bond acceptors (Lipinski definition) is 4. The number of carbonyl (C=O) groups is 1. The summed E-state index contributed by atoms with van der Waals surface area (Å²) in [5, 5.41) is 33.9. The summed E-state index contributed by atoms with van der Waals surface area (Å²) in [4.78, 5) is 14.8. The lowest BCUT2D eigenvalue weighted by atomic mass is 9.90. The highest BCUT2D eigenvalue weighted by atomic mass is 16.4. The van der Waals surface area contributed by atoms with Gasteiger partial charge < -0.3 is 30.4 Å². The van der Waals surface area contributed by atoms with Crippen LogP contribution in [0.1, 0.15) is 22.9 Å². The van der Waals surface area contributed by atoms with Crippen LogP contribution in [0.4, 0.5) is 0 Å². The summed E-state index contributed by atoms with van der Waals surface area (Å²) in [5.41, 5.74) is 3.28. The van der Waals surface area contributed by atoms with Gasteiger partial charge in [0, 0.05) is 23.4 Å². The van der Waals surface area contributed by atoms with E-state index in [0.29, 0.717) is 12.0 Å². The van der Waals surface area contributed by atoms with Crippen LogP contribution in [-0.2, 0) is 11.2 Å². The van der Waals surface area contributed by atoms with Crippen LogP contribution in [0.2, 0.25) is 0 Å². The maximum absolute atomic E-state index is 11.5. The second-order valence-corrected chi connectivity index (χ2v) is 6.11. The van der Waals surface area contributed by atoms with E-state index in [1.165, 1.54) is 12.1 Å². The lowest BCUT2D eigenvalue weighted by Gasteiger charge is -2.29. The fourth-order valence-electron chi connectivity index (χ4n) is 3.54. The van der Waals surface area contributed by atoms with Crippen molar-refractivity contribution in [2.45, 2.75) is 18.5 Å². The number of benzene rings is 2. The second kappa shape index (κ2) is 5.28. The van der Waals surface area contributed by atoms with Crippen LogP contribution in [0, 0.1) is 0 Å². The van der Waals surface area contributed by atoms with E-state index in [1.807, 2.05) is 24.3 Å². The summed E-state index contributed by atoms with van der Waals surface area (Å²) in [5.74, 6) is -1.24. The summed E-state index contributed by atoms with van der Waals surface area (Å²) in [7, 11) is 0. The molecule has 0 radical (unpaired) electrons. The van der Waals surface area contributed by atoms with E-state index in [1.54, 1.807) is 11.4 Å². The summed E-state index contributed by atoms with van der Waals surface area (Å²) >= 11 is 0. The normalized spacial score (nSPS) is 20.0. The van der Waals surface area contributed by atoms with E-state index >= 15 is 0 Å². The van der Waals surface area contributed by atoms with Crippen LogP contribution in [0.15, 0.2) is 42.5 Å². The zero-order valence-corrected chi connectivity index (χ0v) is 12.7. The molecule has 0 spiro atoms. The first-order chi connectivity index (χ1) is 11.5. The Morgan fingerprint density at radius 1 is 1.21 bits per heavy atom. The van der Waals surface area contributed by atoms with Crippen molar-refractivity contribution in [3.8, 4) is 11.5 Å². The van der Waals surface area contributed by atoms with Crippen LogP contribution in [0.5, 0.6) is 11.5 Å². The molecule has 0 bridgehead atoms. The number of para-hydroxylation sites is 1. The molecule has 1 aromatic heterocycles. The van der Waals surface area contributed by atoms with Gasteiger partial charge in [0.05, 0.1) is 17.2 Å². The molecular weight excluding hydrogens is 308 g/mol. The van der Waals surface area contributed by atoms with Gasteiger partial charge >= 0.3 is 0 Å². The number of carboxylic acid groups (broad SMARTS) is 1. The number of phenolic OH excluding ortho intramolecular Hbond substituents is 2. The Morgan fingerprint density at radius 3 is 2.75 bits per heavy atom. The number of aromatic nitrogens is 1. The first-order valence-electron chi connectivity index (χ1n) is 7.72. The zero-order chi connectivity index (χ0) is 16.8. The highest BCUT2D eigenvalue weighted by Gasteiger charge is 2.36. The topological polar surface area (TPSA) is 113 Å². The van der Waals surface area contributed by atoms with Crippen LogP contribution < -0.4 is 10.4 Å². The first kappa shape index (κ1) is 14.6. The molecule has 2 aromatic carbocycles. The molecule has 0 saturated carbocycles. The van der Waals surface area contributed by atoms with Crippen molar-refractivity contribution in [1.29, 1.82) is 0 Å². The summed E-state index contributed by atoms with van der Waals surface area (Å²) < 4.78 is 0. The van der Waals surface area contributed by atoms with Crippen molar-refractivity contribution < 1.29 is 25.4 Å². The molecule has 24 heavy (non-hydrogen) atoms. The molecule has 0 amide bonds. The molecule has 5 N–H and O–H groups in total. The molecule has 0 fully saturated rings. The number of rotatable bonds is 2. The van der Waals surface area contributed by atoms with E-state index in [4.69, 9.17) is 0 Å². The van der Waals surface area contributed by atoms with E-state index in [9.17, 15) is 20.1 Å². The number of aromatic hydroxyl groups is 2. The summed E-state index contributed by atoms with van der Waals surface area (Å²) in [6.07, 6.45) is 0.358. The van der Waals surface area contributed by atoms with E-state index in [-0.39, 0.29) is 11.5 Å². The number of nitrogens with one attached hydrogen (secondary N) is 1. The fourth-order valence-corrected chi connectivity index (χ4v) is 3.54. The third kappa shape index (κ3) is 2.19. The van der Waals surface area contributed by atoms with Crippen LogP contribution in [-0.4, -0.2) is 27.2 Å². The molecule has 1 aliphatic heterocycles. The number of phenols is 2. The van der Waals surface area contributed by atoms with Gasteiger partial charge in [-0.25, -0.2) is 0 Å². The molecule has 0 aliphatic carbocycles. The van der Waals surface area contributed by atoms with Crippen molar-refractivity contribution in [3.63, 3.8) is 0 Å². The Balaban J connectivity index is 1.92. The molecule has 0 saturated heterocycles. The third-order valence-electron chi connectivity index (χ3n) is 4.66. The van der Waals surface area contributed by atoms with Crippen LogP contribution in [0.3, 0.4) is 0 Å². The van der Waals surface area contributed by atoms with Crippen molar-refractivity contribution in [1.82, 2.24) is 4.98 Å². The Labute approximate surface area is 137 Å². The maximum atomic E-state index is 11.5. The van der Waals surface area contributed by atoms with Gasteiger partial charge in [0.2, 0.25) is 0 Å². The SMILES string of the molecule is O=C([O-])[C@@H]1Cc2c([nH]c3ccccc23)[C@@H](c2ccc(O)cc2O)[NH2+]1. The van der Waals surface area contributed by atoms with E-state index in [0.717, 1.165) is 22.2 Å². The second-order valence-electron chi connectivity index (χ2n) is 6.11. The smallest absolute Gasteiger partial charge is 0.157 e. The minimum Gasteiger partial charge on any atom is -0.544 e. The van der Waals surface area contributed by atoms with Gasteiger partial charge in [-0.1, -0.05) is 18.2 Å².